The van der Waals surface area contributed by atoms with Gasteiger partial charge in [0.1, 0.15) is 10.8 Å². The molecule has 10 heteroatoms. The van der Waals surface area contributed by atoms with E-state index in [9.17, 15) is 13.2 Å². The number of hydrogen-bond acceptors (Lipinski definition) is 5. The Kier molecular flexibility index (Phi) is 8.10. The van der Waals surface area contributed by atoms with E-state index in [-0.39, 0.29) is 15.7 Å². The second-order valence-corrected chi connectivity index (χ2v) is 11.4. The largest absolute Gasteiger partial charge is 0.495 e. The highest BCUT2D eigenvalue weighted by Crippen LogP contribution is 2.37. The molecule has 3 N–H and O–H groups in total. The molecule has 0 aliphatic carbocycles. The zero-order chi connectivity index (χ0) is 25.9. The SMILES string of the molecule is COc1ccc([C@H](C)NC(=O)Nc2ccc(S(=O)(=O)Cc3ccc4c(c3)CCNC4)cc2)c(Cl)c1Cl. The fourth-order valence-corrected chi connectivity index (χ4v) is 6.05. The van der Waals surface area contributed by atoms with Gasteiger partial charge in [-0.15, -0.1) is 0 Å². The van der Waals surface area contributed by atoms with Gasteiger partial charge in [-0.3, -0.25) is 0 Å². The Bertz CT molecular complexity index is 1380. The van der Waals surface area contributed by atoms with E-state index in [4.69, 9.17) is 27.9 Å². The first-order valence-corrected chi connectivity index (χ1v) is 13.8. The number of anilines is 1. The molecule has 0 unspecified atom stereocenters. The second kappa shape index (κ2) is 11.1. The number of urea groups is 1. The predicted octanol–water partition coefficient (Wildman–Crippen LogP) is 5.50. The Balaban J connectivity index is 1.39. The van der Waals surface area contributed by atoms with E-state index in [0.29, 0.717) is 22.0 Å². The molecule has 1 aliphatic heterocycles. The summed E-state index contributed by atoms with van der Waals surface area (Å²) in [5.41, 5.74) is 4.27. The maximum absolute atomic E-state index is 13.0. The highest BCUT2D eigenvalue weighted by atomic mass is 35.5. The molecule has 3 aromatic carbocycles. The van der Waals surface area contributed by atoms with Crippen molar-refractivity contribution in [1.29, 1.82) is 0 Å². The van der Waals surface area contributed by atoms with Crippen LogP contribution in [0.4, 0.5) is 10.5 Å². The molecule has 0 saturated carbocycles. The monoisotopic (exact) mass is 547 g/mol. The third kappa shape index (κ3) is 5.95. The molecule has 36 heavy (non-hydrogen) atoms. The van der Waals surface area contributed by atoms with Gasteiger partial charge in [0, 0.05) is 12.2 Å². The van der Waals surface area contributed by atoms with Crippen molar-refractivity contribution < 1.29 is 17.9 Å². The van der Waals surface area contributed by atoms with Crippen molar-refractivity contribution in [3.8, 4) is 5.75 Å². The minimum absolute atomic E-state index is 0.0797. The first kappa shape index (κ1) is 26.3. The van der Waals surface area contributed by atoms with Crippen LogP contribution >= 0.6 is 23.2 Å². The number of methoxy groups -OCH3 is 1. The number of carbonyl (C=O) groups excluding carboxylic acids is 1. The minimum atomic E-state index is -3.54. The van der Waals surface area contributed by atoms with E-state index < -0.39 is 21.9 Å². The van der Waals surface area contributed by atoms with Crippen LogP contribution < -0.4 is 20.7 Å². The number of benzene rings is 3. The molecule has 0 aromatic heterocycles. The Morgan fingerprint density at radius 2 is 1.81 bits per heavy atom. The molecule has 3 aromatic rings. The summed E-state index contributed by atoms with van der Waals surface area (Å²) in [6.07, 6.45) is 0.891. The van der Waals surface area contributed by atoms with Crippen LogP contribution in [0.25, 0.3) is 0 Å². The zero-order valence-electron chi connectivity index (χ0n) is 19.9. The number of nitrogens with one attached hydrogen (secondary N) is 3. The molecule has 0 bridgehead atoms. The van der Waals surface area contributed by atoms with E-state index in [1.54, 1.807) is 31.2 Å². The van der Waals surface area contributed by atoms with Gasteiger partial charge < -0.3 is 20.7 Å². The van der Waals surface area contributed by atoms with Crippen molar-refractivity contribution >= 4 is 44.8 Å². The van der Waals surface area contributed by atoms with Crippen LogP contribution in [-0.4, -0.2) is 28.1 Å². The Morgan fingerprint density at radius 1 is 1.06 bits per heavy atom. The molecule has 0 radical (unpaired) electrons. The van der Waals surface area contributed by atoms with Crippen LogP contribution in [-0.2, 0) is 28.6 Å². The van der Waals surface area contributed by atoms with Gasteiger partial charge in [-0.05, 0) is 72.5 Å². The summed E-state index contributed by atoms with van der Waals surface area (Å²) in [5, 5.41) is 9.39. The summed E-state index contributed by atoms with van der Waals surface area (Å²) in [7, 11) is -2.04. The number of rotatable bonds is 7. The van der Waals surface area contributed by atoms with Crippen LogP contribution in [0.15, 0.2) is 59.5 Å². The lowest BCUT2D eigenvalue weighted by molar-refractivity contribution is 0.249. The quantitative estimate of drug-likeness (QED) is 0.362. The third-order valence-corrected chi connectivity index (χ3v) is 8.68. The molecule has 1 atom stereocenters. The Morgan fingerprint density at radius 3 is 2.53 bits per heavy atom. The standard InChI is InChI=1S/C26H27Cl2N3O4S/c1-16(22-9-10-23(35-2)25(28)24(22)27)30-26(32)31-20-5-7-21(8-6-20)36(33,34)15-17-3-4-19-14-29-12-11-18(19)13-17/h3-10,13,16,29H,11-12,14-15H2,1-2H3,(H2,30,31,32)/t16-/m0/s1. The highest BCUT2D eigenvalue weighted by molar-refractivity contribution is 7.90. The fourth-order valence-electron chi connectivity index (χ4n) is 4.15. The van der Waals surface area contributed by atoms with Crippen molar-refractivity contribution in [3.63, 3.8) is 0 Å². The average molecular weight is 548 g/mol. The van der Waals surface area contributed by atoms with Crippen molar-refractivity contribution in [3.05, 3.63) is 86.9 Å². The summed E-state index contributed by atoms with van der Waals surface area (Å²) in [5.74, 6) is 0.366. The van der Waals surface area contributed by atoms with Crippen molar-refractivity contribution in [2.24, 2.45) is 0 Å². The van der Waals surface area contributed by atoms with Crippen LogP contribution in [0.5, 0.6) is 5.75 Å². The van der Waals surface area contributed by atoms with Crippen LogP contribution in [0.1, 0.15) is 35.2 Å². The Labute approximate surface area is 221 Å². The Hall–Kier alpha value is -2.78. The summed E-state index contributed by atoms with van der Waals surface area (Å²) >= 11 is 12.5. The van der Waals surface area contributed by atoms with E-state index in [0.717, 1.165) is 25.1 Å². The molecule has 190 valence electrons. The second-order valence-electron chi connectivity index (χ2n) is 8.62. The van der Waals surface area contributed by atoms with Crippen molar-refractivity contribution in [2.45, 2.75) is 36.6 Å². The molecule has 1 aliphatic rings. The van der Waals surface area contributed by atoms with Gasteiger partial charge in [0.15, 0.2) is 9.84 Å². The highest BCUT2D eigenvalue weighted by Gasteiger charge is 2.19. The number of halogens is 2. The van der Waals surface area contributed by atoms with Gasteiger partial charge >= 0.3 is 6.03 Å². The van der Waals surface area contributed by atoms with Gasteiger partial charge in [0.05, 0.1) is 28.8 Å². The molecule has 7 nitrogen and oxygen atoms in total. The van der Waals surface area contributed by atoms with Gasteiger partial charge in [-0.1, -0.05) is 47.5 Å². The van der Waals surface area contributed by atoms with Gasteiger partial charge in [0.25, 0.3) is 0 Å². The first-order chi connectivity index (χ1) is 17.2. The van der Waals surface area contributed by atoms with E-state index in [2.05, 4.69) is 16.0 Å². The van der Waals surface area contributed by atoms with E-state index in [1.807, 2.05) is 18.2 Å². The maximum Gasteiger partial charge on any atom is 0.319 e. The number of ether oxygens (including phenoxy) is 1. The molecule has 1 heterocycles. The number of amides is 2. The molecular weight excluding hydrogens is 521 g/mol. The summed E-state index contributed by atoms with van der Waals surface area (Å²) < 4.78 is 31.1. The van der Waals surface area contributed by atoms with Gasteiger partial charge in [-0.2, -0.15) is 0 Å². The predicted molar refractivity (Wildman–Crippen MR) is 143 cm³/mol. The number of carbonyl (C=O) groups is 1. The summed E-state index contributed by atoms with van der Waals surface area (Å²) in [6, 6.07) is 14.5. The minimum Gasteiger partial charge on any atom is -0.495 e. The molecule has 0 saturated heterocycles. The van der Waals surface area contributed by atoms with E-state index in [1.165, 1.54) is 30.4 Å². The average Bonchev–Trinajstić information content (AvgIpc) is 2.85. The van der Waals surface area contributed by atoms with Crippen LogP contribution in [0.2, 0.25) is 10.0 Å². The van der Waals surface area contributed by atoms with Crippen molar-refractivity contribution in [2.75, 3.05) is 19.0 Å². The molecule has 0 spiro atoms. The number of hydrogen-bond donors (Lipinski definition) is 3. The molecule has 4 rings (SSSR count). The van der Waals surface area contributed by atoms with E-state index >= 15 is 0 Å². The maximum atomic E-state index is 13.0. The zero-order valence-corrected chi connectivity index (χ0v) is 22.2. The normalized spacial score (nSPS) is 14.0. The first-order valence-electron chi connectivity index (χ1n) is 11.4. The fraction of sp³-hybridized carbons (Fsp3) is 0.269. The lowest BCUT2D eigenvalue weighted by Gasteiger charge is -2.18. The number of fused-ring (bicyclic) bond motifs is 1. The third-order valence-electron chi connectivity index (χ3n) is 6.10. The van der Waals surface area contributed by atoms with Gasteiger partial charge in [-0.25, -0.2) is 13.2 Å². The van der Waals surface area contributed by atoms with Crippen LogP contribution in [0, 0.1) is 0 Å². The molecule has 2 amide bonds. The molecular formula is C26H27Cl2N3O4S. The molecule has 0 fully saturated rings. The van der Waals surface area contributed by atoms with Crippen molar-refractivity contribution in [1.82, 2.24) is 10.6 Å². The smallest absolute Gasteiger partial charge is 0.319 e. The lowest BCUT2D eigenvalue weighted by Crippen LogP contribution is -2.31. The summed E-state index contributed by atoms with van der Waals surface area (Å²) in [4.78, 5) is 12.7. The topological polar surface area (TPSA) is 96.5 Å². The number of sulfone groups is 1. The van der Waals surface area contributed by atoms with Gasteiger partial charge in [0.2, 0.25) is 0 Å². The summed E-state index contributed by atoms with van der Waals surface area (Å²) in [6.45, 7) is 3.48. The lowest BCUT2D eigenvalue weighted by atomic mass is 9.99. The van der Waals surface area contributed by atoms with Crippen LogP contribution in [0.3, 0.4) is 0 Å².